The topological polar surface area (TPSA) is 63.2 Å². The Labute approximate surface area is 114 Å². The summed E-state index contributed by atoms with van der Waals surface area (Å²) in [6.07, 6.45) is 0. The Kier molecular flexibility index (Phi) is 3.68. The minimum Gasteiger partial charge on any atom is -0.320 e. The third-order valence-corrected chi connectivity index (χ3v) is 4.36. The van der Waals surface area contributed by atoms with Crippen LogP contribution in [0.4, 0.5) is 9.57 Å². The summed E-state index contributed by atoms with van der Waals surface area (Å²) in [5, 5.41) is 4.16. The van der Waals surface area contributed by atoms with Gasteiger partial charge in [-0.2, -0.15) is 8.42 Å². The Morgan fingerprint density at radius 1 is 1.26 bits per heavy atom. The van der Waals surface area contributed by atoms with Gasteiger partial charge in [0.15, 0.2) is 0 Å². The standard InChI is InChI=1S/C12H10FNO3S2/c1-8-6-7-18-11(8)12(15)14-9-4-2-3-5-10(9)19(13,16)17/h2-7H,1H3,(H,14,15). The van der Waals surface area contributed by atoms with Crippen molar-refractivity contribution in [3.63, 3.8) is 0 Å². The van der Waals surface area contributed by atoms with Crippen molar-refractivity contribution in [3.8, 4) is 0 Å². The first-order valence-electron chi connectivity index (χ1n) is 5.29. The van der Waals surface area contributed by atoms with Crippen molar-refractivity contribution in [1.82, 2.24) is 0 Å². The van der Waals surface area contributed by atoms with Crippen LogP contribution in [0, 0.1) is 6.92 Å². The molecule has 1 aromatic carbocycles. The molecule has 0 radical (unpaired) electrons. The predicted molar refractivity (Wildman–Crippen MR) is 71.7 cm³/mol. The van der Waals surface area contributed by atoms with Crippen LogP contribution in [0.3, 0.4) is 0 Å². The quantitative estimate of drug-likeness (QED) is 0.886. The van der Waals surface area contributed by atoms with E-state index in [0.717, 1.165) is 11.6 Å². The Balaban J connectivity index is 2.35. The van der Waals surface area contributed by atoms with Gasteiger partial charge in [0.1, 0.15) is 4.90 Å². The molecule has 1 N–H and O–H groups in total. The van der Waals surface area contributed by atoms with Gasteiger partial charge in [-0.05, 0) is 36.1 Å². The highest BCUT2D eigenvalue weighted by molar-refractivity contribution is 7.86. The van der Waals surface area contributed by atoms with Crippen molar-refractivity contribution in [2.75, 3.05) is 5.32 Å². The molecule has 19 heavy (non-hydrogen) atoms. The Morgan fingerprint density at radius 3 is 2.53 bits per heavy atom. The highest BCUT2D eigenvalue weighted by Gasteiger charge is 2.19. The van der Waals surface area contributed by atoms with E-state index in [4.69, 9.17) is 0 Å². The molecular weight excluding hydrogens is 289 g/mol. The van der Waals surface area contributed by atoms with Crippen LogP contribution in [0.25, 0.3) is 0 Å². The van der Waals surface area contributed by atoms with Crippen LogP contribution >= 0.6 is 11.3 Å². The van der Waals surface area contributed by atoms with E-state index >= 15 is 0 Å². The Morgan fingerprint density at radius 2 is 1.95 bits per heavy atom. The van der Waals surface area contributed by atoms with Crippen molar-refractivity contribution < 1.29 is 17.1 Å². The minimum atomic E-state index is -4.87. The lowest BCUT2D eigenvalue weighted by Crippen LogP contribution is -2.13. The van der Waals surface area contributed by atoms with Crippen LogP contribution in [0.2, 0.25) is 0 Å². The summed E-state index contributed by atoms with van der Waals surface area (Å²) in [4.78, 5) is 11.9. The maximum absolute atomic E-state index is 13.1. The van der Waals surface area contributed by atoms with E-state index in [2.05, 4.69) is 5.32 Å². The molecule has 0 bridgehead atoms. The lowest BCUT2D eigenvalue weighted by Gasteiger charge is -2.07. The molecule has 0 aliphatic carbocycles. The van der Waals surface area contributed by atoms with Gasteiger partial charge in [-0.15, -0.1) is 15.2 Å². The molecule has 0 atom stereocenters. The molecule has 1 aromatic heterocycles. The molecule has 0 aliphatic rings. The first-order valence-corrected chi connectivity index (χ1v) is 7.55. The number of nitrogens with one attached hydrogen (secondary N) is 1. The number of thiophene rings is 1. The van der Waals surface area contributed by atoms with E-state index in [-0.39, 0.29) is 5.69 Å². The summed E-state index contributed by atoms with van der Waals surface area (Å²) in [7, 11) is -4.87. The van der Waals surface area contributed by atoms with E-state index in [1.807, 2.05) is 0 Å². The highest BCUT2D eigenvalue weighted by Crippen LogP contribution is 2.24. The van der Waals surface area contributed by atoms with E-state index in [1.54, 1.807) is 18.4 Å². The van der Waals surface area contributed by atoms with Crippen LogP contribution in [0.5, 0.6) is 0 Å². The number of benzene rings is 1. The SMILES string of the molecule is Cc1ccsc1C(=O)Nc1ccccc1S(=O)(=O)F. The Bertz CT molecular complexity index is 722. The van der Waals surface area contributed by atoms with Crippen LogP contribution in [-0.4, -0.2) is 14.3 Å². The zero-order valence-corrected chi connectivity index (χ0v) is 11.5. The van der Waals surface area contributed by atoms with Gasteiger partial charge in [-0.1, -0.05) is 12.1 Å². The number of rotatable bonds is 3. The molecule has 1 heterocycles. The summed E-state index contributed by atoms with van der Waals surface area (Å²) in [5.74, 6) is -0.455. The number of anilines is 1. The van der Waals surface area contributed by atoms with E-state index in [9.17, 15) is 17.1 Å². The van der Waals surface area contributed by atoms with Gasteiger partial charge in [-0.3, -0.25) is 4.79 Å². The highest BCUT2D eigenvalue weighted by atomic mass is 32.3. The molecule has 0 unspecified atom stereocenters. The summed E-state index contributed by atoms with van der Waals surface area (Å²) >= 11 is 1.24. The molecule has 1 amide bonds. The second-order valence-electron chi connectivity index (χ2n) is 3.82. The van der Waals surface area contributed by atoms with Gasteiger partial charge in [0, 0.05) is 0 Å². The number of halogens is 1. The molecule has 100 valence electrons. The monoisotopic (exact) mass is 299 g/mol. The molecule has 0 aliphatic heterocycles. The molecule has 0 saturated heterocycles. The third-order valence-electron chi connectivity index (χ3n) is 2.47. The number of aryl methyl sites for hydroxylation is 1. The second-order valence-corrected chi connectivity index (χ2v) is 6.05. The van der Waals surface area contributed by atoms with Crippen LogP contribution in [0.15, 0.2) is 40.6 Å². The lowest BCUT2D eigenvalue weighted by molar-refractivity contribution is 0.103. The molecule has 2 rings (SSSR count). The molecule has 0 saturated carbocycles. The molecule has 0 spiro atoms. The zero-order valence-electron chi connectivity index (χ0n) is 9.88. The number of amides is 1. The van der Waals surface area contributed by atoms with Gasteiger partial charge >= 0.3 is 10.2 Å². The molecule has 4 nitrogen and oxygen atoms in total. The second kappa shape index (κ2) is 5.10. The maximum Gasteiger partial charge on any atom is 0.334 e. The molecule has 0 fully saturated rings. The Hall–Kier alpha value is -1.73. The number of carbonyl (C=O) groups excluding carboxylic acids is 1. The van der Waals surface area contributed by atoms with Gasteiger partial charge < -0.3 is 5.32 Å². The van der Waals surface area contributed by atoms with Crippen molar-refractivity contribution >= 4 is 33.2 Å². The fourth-order valence-corrected chi connectivity index (χ4v) is 3.01. The molecular formula is C12H10FNO3S2. The average molecular weight is 299 g/mol. The van der Waals surface area contributed by atoms with Crippen molar-refractivity contribution in [2.24, 2.45) is 0 Å². The van der Waals surface area contributed by atoms with Gasteiger partial charge in [0.05, 0.1) is 10.6 Å². The van der Waals surface area contributed by atoms with E-state index < -0.39 is 21.0 Å². The zero-order chi connectivity index (χ0) is 14.0. The summed E-state index contributed by atoms with van der Waals surface area (Å²) in [6.45, 7) is 1.77. The van der Waals surface area contributed by atoms with Gasteiger partial charge in [0.2, 0.25) is 0 Å². The number of carbonyl (C=O) groups is 1. The van der Waals surface area contributed by atoms with Crippen LogP contribution < -0.4 is 5.32 Å². The van der Waals surface area contributed by atoms with Crippen molar-refractivity contribution in [1.29, 1.82) is 0 Å². The minimum absolute atomic E-state index is 0.0669. The smallest absolute Gasteiger partial charge is 0.320 e. The normalized spacial score (nSPS) is 11.3. The first-order chi connectivity index (χ1) is 8.89. The van der Waals surface area contributed by atoms with E-state index in [1.165, 1.54) is 29.5 Å². The summed E-state index contributed by atoms with van der Waals surface area (Å²) in [5.41, 5.74) is 0.714. The van der Waals surface area contributed by atoms with E-state index in [0.29, 0.717) is 4.88 Å². The summed E-state index contributed by atoms with van der Waals surface area (Å²) < 4.78 is 35.0. The fourth-order valence-electron chi connectivity index (χ4n) is 1.57. The van der Waals surface area contributed by atoms with Gasteiger partial charge in [0.25, 0.3) is 5.91 Å². The average Bonchev–Trinajstić information content (AvgIpc) is 2.75. The fraction of sp³-hybridized carbons (Fsp3) is 0.0833. The lowest BCUT2D eigenvalue weighted by atomic mass is 10.2. The maximum atomic E-state index is 13.1. The largest absolute Gasteiger partial charge is 0.334 e. The van der Waals surface area contributed by atoms with Gasteiger partial charge in [-0.25, -0.2) is 0 Å². The summed E-state index contributed by atoms with van der Waals surface area (Å²) in [6, 6.07) is 7.13. The predicted octanol–water partition coefficient (Wildman–Crippen LogP) is 2.97. The van der Waals surface area contributed by atoms with Crippen molar-refractivity contribution in [3.05, 3.63) is 46.2 Å². The number of hydrogen-bond acceptors (Lipinski definition) is 4. The molecule has 2 aromatic rings. The van der Waals surface area contributed by atoms with Crippen LogP contribution in [-0.2, 0) is 10.2 Å². The number of hydrogen-bond donors (Lipinski definition) is 1. The first kappa shape index (κ1) is 13.7. The van der Waals surface area contributed by atoms with Crippen molar-refractivity contribution in [2.45, 2.75) is 11.8 Å². The molecule has 7 heteroatoms. The number of para-hydroxylation sites is 1. The third kappa shape index (κ3) is 2.99. The van der Waals surface area contributed by atoms with Crippen LogP contribution in [0.1, 0.15) is 15.2 Å².